The molecule has 3 rings (SSSR count). The third-order valence-electron chi connectivity index (χ3n) is 4.33. The Hall–Kier alpha value is -0.930. The number of nitrogens with one attached hydrogen (secondary N) is 1. The van der Waals surface area contributed by atoms with Crippen molar-refractivity contribution in [1.82, 2.24) is 10.3 Å². The molecule has 0 amide bonds. The van der Waals surface area contributed by atoms with Crippen LogP contribution < -0.4 is 5.32 Å². The van der Waals surface area contributed by atoms with E-state index in [4.69, 9.17) is 4.74 Å². The van der Waals surface area contributed by atoms with Gasteiger partial charge in [-0.25, -0.2) is 0 Å². The molecule has 0 radical (unpaired) electrons. The van der Waals surface area contributed by atoms with E-state index >= 15 is 0 Å². The second-order valence-electron chi connectivity index (χ2n) is 5.26. The van der Waals surface area contributed by atoms with Crippen molar-refractivity contribution in [3.8, 4) is 0 Å². The second kappa shape index (κ2) is 4.39. The van der Waals surface area contributed by atoms with E-state index in [1.807, 2.05) is 19.4 Å². The molecule has 0 aliphatic heterocycles. The summed E-state index contributed by atoms with van der Waals surface area (Å²) in [5.74, 6) is 0. The lowest BCUT2D eigenvalue weighted by atomic mass is 9.80. The zero-order valence-corrected chi connectivity index (χ0v) is 10.4. The highest BCUT2D eigenvalue weighted by atomic mass is 16.5. The van der Waals surface area contributed by atoms with Crippen molar-refractivity contribution >= 4 is 0 Å². The first-order valence-electron chi connectivity index (χ1n) is 6.55. The fraction of sp³-hybridized carbons (Fsp3) is 0.643. The van der Waals surface area contributed by atoms with E-state index in [9.17, 15) is 0 Å². The molecule has 17 heavy (non-hydrogen) atoms. The van der Waals surface area contributed by atoms with Crippen LogP contribution in [0, 0.1) is 0 Å². The standard InChI is InChI=1S/C14H20N2O/c1-17-14(7-3-8-14)10-16-12-6-5-11-4-2-9-15-13(11)12/h2,4,9,12,16H,3,5-8,10H2,1H3. The molecule has 1 heterocycles. The van der Waals surface area contributed by atoms with Crippen LogP contribution in [0.2, 0.25) is 0 Å². The highest BCUT2D eigenvalue weighted by Crippen LogP contribution is 2.36. The van der Waals surface area contributed by atoms with Crippen LogP contribution in [0.3, 0.4) is 0 Å². The van der Waals surface area contributed by atoms with Gasteiger partial charge in [0.05, 0.1) is 17.3 Å². The van der Waals surface area contributed by atoms with Crippen LogP contribution in [-0.4, -0.2) is 24.2 Å². The van der Waals surface area contributed by atoms with E-state index in [0.717, 1.165) is 13.0 Å². The molecule has 1 atom stereocenters. The smallest absolute Gasteiger partial charge is 0.0802 e. The molecular weight excluding hydrogens is 212 g/mol. The minimum absolute atomic E-state index is 0.109. The fourth-order valence-electron chi connectivity index (χ4n) is 2.94. The number of ether oxygens (including phenoxy) is 1. The van der Waals surface area contributed by atoms with E-state index < -0.39 is 0 Å². The number of pyridine rings is 1. The van der Waals surface area contributed by atoms with Crippen LogP contribution in [0.25, 0.3) is 0 Å². The van der Waals surface area contributed by atoms with Crippen LogP contribution in [0.4, 0.5) is 0 Å². The van der Waals surface area contributed by atoms with Gasteiger partial charge in [0.25, 0.3) is 0 Å². The fourth-order valence-corrected chi connectivity index (χ4v) is 2.94. The average molecular weight is 232 g/mol. The van der Waals surface area contributed by atoms with E-state index in [1.165, 1.54) is 36.9 Å². The lowest BCUT2D eigenvalue weighted by Crippen LogP contribution is -2.48. The molecule has 92 valence electrons. The third kappa shape index (κ3) is 1.98. The topological polar surface area (TPSA) is 34.1 Å². The Morgan fingerprint density at radius 3 is 3.12 bits per heavy atom. The van der Waals surface area contributed by atoms with Crippen LogP contribution in [0.5, 0.6) is 0 Å². The van der Waals surface area contributed by atoms with Gasteiger partial charge in [-0.05, 0) is 43.7 Å². The number of hydrogen-bond acceptors (Lipinski definition) is 3. The van der Waals surface area contributed by atoms with Gasteiger partial charge >= 0.3 is 0 Å². The van der Waals surface area contributed by atoms with Crippen molar-refractivity contribution in [3.63, 3.8) is 0 Å². The van der Waals surface area contributed by atoms with Gasteiger partial charge in [-0.3, -0.25) is 4.98 Å². The molecule has 2 aliphatic rings. The van der Waals surface area contributed by atoms with Gasteiger partial charge in [-0.2, -0.15) is 0 Å². The molecular formula is C14H20N2O. The van der Waals surface area contributed by atoms with Crippen molar-refractivity contribution in [2.45, 2.75) is 43.7 Å². The molecule has 3 nitrogen and oxygen atoms in total. The molecule has 3 heteroatoms. The van der Waals surface area contributed by atoms with Crippen LogP contribution in [-0.2, 0) is 11.2 Å². The van der Waals surface area contributed by atoms with Crippen molar-refractivity contribution < 1.29 is 4.74 Å². The van der Waals surface area contributed by atoms with Crippen molar-refractivity contribution in [3.05, 3.63) is 29.6 Å². The molecule has 0 bridgehead atoms. The lowest BCUT2D eigenvalue weighted by Gasteiger charge is -2.41. The van der Waals surface area contributed by atoms with Crippen LogP contribution in [0.1, 0.15) is 43.0 Å². The van der Waals surface area contributed by atoms with Crippen LogP contribution >= 0.6 is 0 Å². The number of nitrogens with zero attached hydrogens (tertiary/aromatic N) is 1. The largest absolute Gasteiger partial charge is 0.377 e. The first kappa shape index (κ1) is 11.2. The predicted octanol–water partition coefficient (Wildman–Crippen LogP) is 2.23. The van der Waals surface area contributed by atoms with E-state index in [2.05, 4.69) is 16.4 Å². The van der Waals surface area contributed by atoms with E-state index in [0.29, 0.717) is 6.04 Å². The van der Waals surface area contributed by atoms with Gasteiger partial charge in [0.1, 0.15) is 0 Å². The molecule has 1 N–H and O–H groups in total. The summed E-state index contributed by atoms with van der Waals surface area (Å²) in [4.78, 5) is 4.51. The maximum atomic E-state index is 5.64. The average Bonchev–Trinajstić information content (AvgIpc) is 2.72. The quantitative estimate of drug-likeness (QED) is 0.864. The molecule has 1 aromatic heterocycles. The molecule has 2 aliphatic carbocycles. The first-order chi connectivity index (χ1) is 8.33. The number of methoxy groups -OCH3 is 1. The summed E-state index contributed by atoms with van der Waals surface area (Å²) in [7, 11) is 1.84. The van der Waals surface area contributed by atoms with Crippen molar-refractivity contribution in [1.29, 1.82) is 0 Å². The highest BCUT2D eigenvalue weighted by Gasteiger charge is 2.37. The molecule has 1 unspecified atom stereocenters. The zero-order chi connectivity index (χ0) is 11.7. The molecule has 1 fully saturated rings. The van der Waals surface area contributed by atoms with Crippen molar-refractivity contribution in [2.24, 2.45) is 0 Å². The summed E-state index contributed by atoms with van der Waals surface area (Å²) in [6.45, 7) is 0.962. The monoisotopic (exact) mass is 232 g/mol. The summed E-state index contributed by atoms with van der Waals surface area (Å²) in [5.41, 5.74) is 2.76. The van der Waals surface area contributed by atoms with Crippen molar-refractivity contribution in [2.75, 3.05) is 13.7 Å². The summed E-state index contributed by atoms with van der Waals surface area (Å²) in [6.07, 6.45) is 7.91. The van der Waals surface area contributed by atoms with E-state index in [1.54, 1.807) is 0 Å². The number of fused-ring (bicyclic) bond motifs is 1. The van der Waals surface area contributed by atoms with E-state index in [-0.39, 0.29) is 5.60 Å². The molecule has 0 spiro atoms. The molecule has 0 aromatic carbocycles. The van der Waals surface area contributed by atoms with Gasteiger partial charge in [0, 0.05) is 19.9 Å². The third-order valence-corrected chi connectivity index (χ3v) is 4.33. The number of hydrogen-bond donors (Lipinski definition) is 1. The Morgan fingerprint density at radius 2 is 2.41 bits per heavy atom. The number of rotatable bonds is 4. The second-order valence-corrected chi connectivity index (χ2v) is 5.26. The van der Waals surface area contributed by atoms with Gasteiger partial charge in [-0.1, -0.05) is 6.07 Å². The minimum Gasteiger partial charge on any atom is -0.377 e. The van der Waals surface area contributed by atoms with Gasteiger partial charge < -0.3 is 10.1 Å². The predicted molar refractivity (Wildman–Crippen MR) is 66.9 cm³/mol. The molecule has 1 saturated carbocycles. The minimum atomic E-state index is 0.109. The maximum Gasteiger partial charge on any atom is 0.0802 e. The Morgan fingerprint density at radius 1 is 1.53 bits per heavy atom. The first-order valence-corrected chi connectivity index (χ1v) is 6.55. The van der Waals surface area contributed by atoms with Crippen LogP contribution in [0.15, 0.2) is 18.3 Å². The Labute approximate surface area is 103 Å². The number of aryl methyl sites for hydroxylation is 1. The number of aromatic nitrogens is 1. The van der Waals surface area contributed by atoms with Gasteiger partial charge in [0.15, 0.2) is 0 Å². The maximum absolute atomic E-state index is 5.64. The lowest BCUT2D eigenvalue weighted by molar-refractivity contribution is -0.0709. The Bertz CT molecular complexity index is 395. The summed E-state index contributed by atoms with van der Waals surface area (Å²) < 4.78 is 5.64. The Balaban J connectivity index is 1.64. The molecule has 1 aromatic rings. The Kier molecular flexibility index (Phi) is 2.89. The molecule has 0 saturated heterocycles. The summed E-state index contributed by atoms with van der Waals surface area (Å²) >= 11 is 0. The highest BCUT2D eigenvalue weighted by molar-refractivity contribution is 5.27. The van der Waals surface area contributed by atoms with Gasteiger partial charge in [0.2, 0.25) is 0 Å². The summed E-state index contributed by atoms with van der Waals surface area (Å²) in [5, 5.41) is 3.64. The normalized spacial score (nSPS) is 25.4. The zero-order valence-electron chi connectivity index (χ0n) is 10.4. The SMILES string of the molecule is COC1(CNC2CCc3cccnc32)CCC1. The summed E-state index contributed by atoms with van der Waals surface area (Å²) in [6, 6.07) is 4.65. The van der Waals surface area contributed by atoms with Gasteiger partial charge in [-0.15, -0.1) is 0 Å².